The van der Waals surface area contributed by atoms with Crippen LogP contribution in [0.2, 0.25) is 0 Å². The van der Waals surface area contributed by atoms with Crippen molar-refractivity contribution in [1.82, 2.24) is 10.2 Å². The van der Waals surface area contributed by atoms with Gasteiger partial charge in [-0.15, -0.1) is 0 Å². The van der Waals surface area contributed by atoms with Crippen molar-refractivity contribution in [2.45, 2.75) is 44.7 Å². The zero-order valence-corrected chi connectivity index (χ0v) is 10.7. The molecule has 0 aliphatic carbocycles. The van der Waals surface area contributed by atoms with Gasteiger partial charge in [-0.25, -0.2) is 0 Å². The Kier molecular flexibility index (Phi) is 4.79. The summed E-state index contributed by atoms with van der Waals surface area (Å²) >= 11 is 2.10. The third-order valence-electron chi connectivity index (χ3n) is 3.71. The van der Waals surface area contributed by atoms with Gasteiger partial charge in [-0.2, -0.15) is 11.8 Å². The molecule has 2 atom stereocenters. The van der Waals surface area contributed by atoms with E-state index in [1.165, 1.54) is 56.8 Å². The number of nitrogens with zero attached hydrogens (tertiary/aromatic N) is 1. The van der Waals surface area contributed by atoms with Crippen molar-refractivity contribution in [2.75, 3.05) is 31.1 Å². The molecule has 2 aliphatic heterocycles. The van der Waals surface area contributed by atoms with Crippen LogP contribution in [0.1, 0.15) is 32.6 Å². The molecule has 2 rings (SSSR count). The molecule has 2 fully saturated rings. The largest absolute Gasteiger partial charge is 0.314 e. The van der Waals surface area contributed by atoms with Gasteiger partial charge in [-0.1, -0.05) is 6.42 Å². The molecule has 2 heterocycles. The molecule has 0 spiro atoms. The maximum atomic E-state index is 3.66. The maximum absolute atomic E-state index is 3.66. The second-order valence-corrected chi connectivity index (χ2v) is 6.10. The van der Waals surface area contributed by atoms with Gasteiger partial charge in [0.2, 0.25) is 0 Å². The highest BCUT2D eigenvalue weighted by Gasteiger charge is 2.21. The normalized spacial score (nSPS) is 31.4. The summed E-state index contributed by atoms with van der Waals surface area (Å²) in [4.78, 5) is 2.67. The van der Waals surface area contributed by atoms with Gasteiger partial charge >= 0.3 is 0 Å². The average Bonchev–Trinajstić information content (AvgIpc) is 2.31. The van der Waals surface area contributed by atoms with E-state index in [0.29, 0.717) is 0 Å². The molecule has 0 saturated carbocycles. The number of thioether (sulfide) groups is 1. The van der Waals surface area contributed by atoms with E-state index in [4.69, 9.17) is 0 Å². The third kappa shape index (κ3) is 3.65. The van der Waals surface area contributed by atoms with Crippen molar-refractivity contribution < 1.29 is 0 Å². The van der Waals surface area contributed by atoms with Crippen LogP contribution < -0.4 is 5.32 Å². The van der Waals surface area contributed by atoms with Gasteiger partial charge in [0.1, 0.15) is 0 Å². The van der Waals surface area contributed by atoms with Crippen LogP contribution in [0.15, 0.2) is 0 Å². The van der Waals surface area contributed by atoms with E-state index in [-0.39, 0.29) is 0 Å². The molecule has 15 heavy (non-hydrogen) atoms. The summed E-state index contributed by atoms with van der Waals surface area (Å²) in [6.07, 6.45) is 5.56. The monoisotopic (exact) mass is 228 g/mol. The lowest BCUT2D eigenvalue weighted by atomic mass is 9.98. The molecular weight excluding hydrogens is 204 g/mol. The lowest BCUT2D eigenvalue weighted by Gasteiger charge is -2.35. The number of piperidine rings is 1. The highest BCUT2D eigenvalue weighted by atomic mass is 32.2. The molecule has 1 N–H and O–H groups in total. The van der Waals surface area contributed by atoms with E-state index in [9.17, 15) is 0 Å². The van der Waals surface area contributed by atoms with Crippen molar-refractivity contribution in [3.8, 4) is 0 Å². The molecule has 0 bridgehead atoms. The molecular formula is C12H24N2S. The van der Waals surface area contributed by atoms with Gasteiger partial charge in [-0.3, -0.25) is 4.90 Å². The fourth-order valence-electron chi connectivity index (χ4n) is 2.70. The van der Waals surface area contributed by atoms with Gasteiger partial charge in [0.25, 0.3) is 0 Å². The Hall–Kier alpha value is 0.270. The molecule has 88 valence electrons. The Morgan fingerprint density at radius 1 is 1.33 bits per heavy atom. The van der Waals surface area contributed by atoms with E-state index in [1.807, 2.05) is 0 Å². The molecule has 2 aliphatic rings. The Bertz CT molecular complexity index is 174. The van der Waals surface area contributed by atoms with Crippen LogP contribution in [0.3, 0.4) is 0 Å². The van der Waals surface area contributed by atoms with Crippen LogP contribution in [0.5, 0.6) is 0 Å². The third-order valence-corrected chi connectivity index (χ3v) is 4.65. The topological polar surface area (TPSA) is 15.3 Å². The minimum atomic E-state index is 0.779. The summed E-state index contributed by atoms with van der Waals surface area (Å²) in [5.74, 6) is 2.67. The van der Waals surface area contributed by atoms with Crippen LogP contribution in [0.25, 0.3) is 0 Å². The van der Waals surface area contributed by atoms with Crippen LogP contribution in [0.4, 0.5) is 0 Å². The highest BCUT2D eigenvalue weighted by Crippen LogP contribution is 2.18. The van der Waals surface area contributed by atoms with Crippen LogP contribution >= 0.6 is 11.8 Å². The zero-order chi connectivity index (χ0) is 10.5. The first-order valence-electron chi connectivity index (χ1n) is 6.41. The summed E-state index contributed by atoms with van der Waals surface area (Å²) in [6.45, 7) is 6.26. The number of nitrogens with one attached hydrogen (secondary N) is 1. The minimum Gasteiger partial charge on any atom is -0.314 e. The van der Waals surface area contributed by atoms with Crippen molar-refractivity contribution in [3.63, 3.8) is 0 Å². The summed E-state index contributed by atoms with van der Waals surface area (Å²) in [6, 6.07) is 1.57. The molecule has 0 radical (unpaired) electrons. The summed E-state index contributed by atoms with van der Waals surface area (Å²) in [5, 5.41) is 3.66. The Balaban J connectivity index is 1.72. The van der Waals surface area contributed by atoms with Gasteiger partial charge in [0.05, 0.1) is 0 Å². The molecule has 0 aromatic heterocycles. The van der Waals surface area contributed by atoms with Crippen LogP contribution in [-0.2, 0) is 0 Å². The van der Waals surface area contributed by atoms with Crippen LogP contribution in [0, 0.1) is 0 Å². The average molecular weight is 228 g/mol. The molecule has 3 heteroatoms. The molecule has 2 saturated heterocycles. The first-order chi connectivity index (χ1) is 7.36. The fourth-order valence-corrected chi connectivity index (χ4v) is 3.64. The smallest absolute Gasteiger partial charge is 0.00824 e. The Morgan fingerprint density at radius 3 is 2.80 bits per heavy atom. The number of rotatable bonds is 3. The number of hydrogen-bond acceptors (Lipinski definition) is 3. The first-order valence-corrected chi connectivity index (χ1v) is 7.57. The van der Waals surface area contributed by atoms with Gasteiger partial charge < -0.3 is 5.32 Å². The van der Waals surface area contributed by atoms with E-state index in [1.54, 1.807) is 0 Å². The lowest BCUT2D eigenvalue weighted by molar-refractivity contribution is 0.196. The van der Waals surface area contributed by atoms with E-state index in [2.05, 4.69) is 28.9 Å². The van der Waals surface area contributed by atoms with Crippen LogP contribution in [-0.4, -0.2) is 48.1 Å². The predicted octanol–water partition coefficient (Wildman–Crippen LogP) is 1.96. The van der Waals surface area contributed by atoms with Crippen molar-refractivity contribution in [2.24, 2.45) is 0 Å². The Labute approximate surface area is 98.2 Å². The zero-order valence-electron chi connectivity index (χ0n) is 9.87. The van der Waals surface area contributed by atoms with Crippen molar-refractivity contribution >= 4 is 11.8 Å². The van der Waals surface area contributed by atoms with E-state index >= 15 is 0 Å². The standard InChI is InChI=1S/C12H24N2S/c1-11(14-6-8-15-9-7-14)10-12-4-2-3-5-13-12/h11-13H,2-10H2,1H3. The number of hydrogen-bond donors (Lipinski definition) is 1. The minimum absolute atomic E-state index is 0.779. The van der Waals surface area contributed by atoms with Crippen molar-refractivity contribution in [1.29, 1.82) is 0 Å². The molecule has 0 aromatic carbocycles. The molecule has 0 amide bonds. The van der Waals surface area contributed by atoms with Gasteiger partial charge in [0, 0.05) is 36.7 Å². The first kappa shape index (κ1) is 11.7. The van der Waals surface area contributed by atoms with E-state index < -0.39 is 0 Å². The molecule has 2 nitrogen and oxygen atoms in total. The van der Waals surface area contributed by atoms with E-state index in [0.717, 1.165) is 12.1 Å². The summed E-state index contributed by atoms with van der Waals surface area (Å²) in [7, 11) is 0. The summed E-state index contributed by atoms with van der Waals surface area (Å²) in [5.41, 5.74) is 0. The second-order valence-electron chi connectivity index (χ2n) is 4.88. The summed E-state index contributed by atoms with van der Waals surface area (Å²) < 4.78 is 0. The fraction of sp³-hybridized carbons (Fsp3) is 1.00. The maximum Gasteiger partial charge on any atom is 0.00824 e. The second kappa shape index (κ2) is 6.12. The molecule has 0 aromatic rings. The molecule has 2 unspecified atom stereocenters. The van der Waals surface area contributed by atoms with Gasteiger partial charge in [0.15, 0.2) is 0 Å². The van der Waals surface area contributed by atoms with Gasteiger partial charge in [-0.05, 0) is 32.7 Å². The SMILES string of the molecule is CC(CC1CCCCN1)N1CCSCC1. The quantitative estimate of drug-likeness (QED) is 0.795. The predicted molar refractivity (Wildman–Crippen MR) is 68.6 cm³/mol. The van der Waals surface area contributed by atoms with Crippen molar-refractivity contribution in [3.05, 3.63) is 0 Å². The highest BCUT2D eigenvalue weighted by molar-refractivity contribution is 7.99. The lowest BCUT2D eigenvalue weighted by Crippen LogP contribution is -2.44. The Morgan fingerprint density at radius 2 is 2.13 bits per heavy atom.